The molecule has 0 aliphatic heterocycles. The smallest absolute Gasteiger partial charge is 0.203 e. The SMILES string of the molecule is COc1cc(CN(CCN(C)C)Cc2ccccc2)cc(OC)c1OC. The standard InChI is InChI=1S/C21H30N2O3/c1-22(2)11-12-23(15-17-9-7-6-8-10-17)16-18-13-19(24-3)21(26-5)20(14-18)25-4/h6-10,13-14H,11-12,15-16H2,1-5H3. The van der Waals surface area contributed by atoms with E-state index in [2.05, 4.69) is 48.2 Å². The summed E-state index contributed by atoms with van der Waals surface area (Å²) in [4.78, 5) is 4.63. The van der Waals surface area contributed by atoms with Crippen LogP contribution in [0.4, 0.5) is 0 Å². The molecule has 5 heteroatoms. The molecule has 0 saturated heterocycles. The first-order valence-electron chi connectivity index (χ1n) is 8.77. The summed E-state index contributed by atoms with van der Waals surface area (Å²) >= 11 is 0. The lowest BCUT2D eigenvalue weighted by Crippen LogP contribution is -2.31. The van der Waals surface area contributed by atoms with E-state index in [-0.39, 0.29) is 0 Å². The highest BCUT2D eigenvalue weighted by atomic mass is 16.5. The predicted octanol–water partition coefficient (Wildman–Crippen LogP) is 3.28. The Morgan fingerprint density at radius 2 is 1.31 bits per heavy atom. The van der Waals surface area contributed by atoms with E-state index in [1.165, 1.54) is 5.56 Å². The summed E-state index contributed by atoms with van der Waals surface area (Å²) in [7, 11) is 9.11. The molecule has 0 amide bonds. The van der Waals surface area contributed by atoms with Gasteiger partial charge in [0.15, 0.2) is 11.5 Å². The molecule has 0 radical (unpaired) electrons. The van der Waals surface area contributed by atoms with E-state index in [4.69, 9.17) is 14.2 Å². The molecular weight excluding hydrogens is 328 g/mol. The molecule has 0 bridgehead atoms. The van der Waals surface area contributed by atoms with Crippen LogP contribution >= 0.6 is 0 Å². The van der Waals surface area contributed by atoms with E-state index < -0.39 is 0 Å². The average Bonchev–Trinajstić information content (AvgIpc) is 2.66. The van der Waals surface area contributed by atoms with Gasteiger partial charge in [-0.05, 0) is 37.4 Å². The van der Waals surface area contributed by atoms with Gasteiger partial charge in [-0.15, -0.1) is 0 Å². The fraction of sp³-hybridized carbons (Fsp3) is 0.429. The van der Waals surface area contributed by atoms with Crippen LogP contribution in [0.2, 0.25) is 0 Å². The number of ether oxygens (including phenoxy) is 3. The Hall–Kier alpha value is -2.24. The molecule has 0 aliphatic carbocycles. The number of hydrogen-bond acceptors (Lipinski definition) is 5. The van der Waals surface area contributed by atoms with Crippen LogP contribution in [0.5, 0.6) is 17.2 Å². The van der Waals surface area contributed by atoms with Gasteiger partial charge in [0.25, 0.3) is 0 Å². The molecule has 142 valence electrons. The van der Waals surface area contributed by atoms with E-state index in [0.717, 1.165) is 31.7 Å². The highest BCUT2D eigenvalue weighted by molar-refractivity contribution is 5.53. The summed E-state index contributed by atoms with van der Waals surface area (Å²) in [6.45, 7) is 3.67. The Labute approximate surface area is 157 Å². The van der Waals surface area contributed by atoms with Crippen LogP contribution < -0.4 is 14.2 Å². The van der Waals surface area contributed by atoms with Crippen molar-refractivity contribution in [3.63, 3.8) is 0 Å². The third-order valence-electron chi connectivity index (χ3n) is 4.24. The van der Waals surface area contributed by atoms with Crippen LogP contribution in [-0.2, 0) is 13.1 Å². The molecule has 0 atom stereocenters. The lowest BCUT2D eigenvalue weighted by atomic mass is 10.1. The number of methoxy groups -OCH3 is 3. The summed E-state index contributed by atoms with van der Waals surface area (Å²) in [6.07, 6.45) is 0. The van der Waals surface area contributed by atoms with Gasteiger partial charge in [0.1, 0.15) is 0 Å². The minimum atomic E-state index is 0.627. The number of rotatable bonds is 10. The first kappa shape index (κ1) is 20.1. The summed E-state index contributed by atoms with van der Waals surface area (Å²) in [5.74, 6) is 2.00. The molecule has 0 heterocycles. The third kappa shape index (κ3) is 5.64. The maximum atomic E-state index is 5.49. The van der Waals surface area contributed by atoms with Gasteiger partial charge in [-0.1, -0.05) is 30.3 Å². The van der Waals surface area contributed by atoms with Gasteiger partial charge >= 0.3 is 0 Å². The van der Waals surface area contributed by atoms with Gasteiger partial charge in [-0.25, -0.2) is 0 Å². The second-order valence-electron chi connectivity index (χ2n) is 6.53. The minimum Gasteiger partial charge on any atom is -0.493 e. The predicted molar refractivity (Wildman–Crippen MR) is 105 cm³/mol. The van der Waals surface area contributed by atoms with Gasteiger partial charge in [0.2, 0.25) is 5.75 Å². The van der Waals surface area contributed by atoms with E-state index in [9.17, 15) is 0 Å². The molecular formula is C21H30N2O3. The van der Waals surface area contributed by atoms with Crippen molar-refractivity contribution in [2.75, 3.05) is 48.5 Å². The Morgan fingerprint density at radius 1 is 0.731 bits per heavy atom. The van der Waals surface area contributed by atoms with Crippen molar-refractivity contribution >= 4 is 0 Å². The fourth-order valence-electron chi connectivity index (χ4n) is 2.88. The quantitative estimate of drug-likeness (QED) is 0.651. The van der Waals surface area contributed by atoms with Crippen molar-refractivity contribution in [3.8, 4) is 17.2 Å². The molecule has 0 N–H and O–H groups in total. The van der Waals surface area contributed by atoms with Gasteiger partial charge in [0.05, 0.1) is 21.3 Å². The van der Waals surface area contributed by atoms with E-state index in [1.807, 2.05) is 18.2 Å². The summed E-state index contributed by atoms with van der Waals surface area (Å²) in [5, 5.41) is 0. The van der Waals surface area contributed by atoms with Crippen LogP contribution in [0.3, 0.4) is 0 Å². The molecule has 2 aromatic carbocycles. The number of benzene rings is 2. The highest BCUT2D eigenvalue weighted by Gasteiger charge is 2.15. The molecule has 0 aromatic heterocycles. The molecule has 0 aliphatic rings. The molecule has 26 heavy (non-hydrogen) atoms. The summed E-state index contributed by atoms with van der Waals surface area (Å²) in [5.41, 5.74) is 2.44. The Kier molecular flexibility index (Phi) is 7.75. The van der Waals surface area contributed by atoms with Crippen molar-refractivity contribution in [2.45, 2.75) is 13.1 Å². The molecule has 2 aromatic rings. The average molecular weight is 358 g/mol. The first-order valence-corrected chi connectivity index (χ1v) is 8.77. The van der Waals surface area contributed by atoms with Crippen molar-refractivity contribution in [1.29, 1.82) is 0 Å². The van der Waals surface area contributed by atoms with Gasteiger partial charge in [0, 0.05) is 26.2 Å². The van der Waals surface area contributed by atoms with Crippen molar-refractivity contribution in [2.24, 2.45) is 0 Å². The lowest BCUT2D eigenvalue weighted by Gasteiger charge is -2.25. The summed E-state index contributed by atoms with van der Waals surface area (Å²) < 4.78 is 16.4. The zero-order valence-corrected chi connectivity index (χ0v) is 16.5. The molecule has 2 rings (SSSR count). The molecule has 0 saturated carbocycles. The van der Waals surface area contributed by atoms with E-state index >= 15 is 0 Å². The topological polar surface area (TPSA) is 34.2 Å². The molecule has 0 unspecified atom stereocenters. The normalized spacial score (nSPS) is 11.0. The van der Waals surface area contributed by atoms with Crippen LogP contribution in [0.15, 0.2) is 42.5 Å². The Balaban J connectivity index is 2.23. The van der Waals surface area contributed by atoms with Crippen molar-refractivity contribution < 1.29 is 14.2 Å². The fourth-order valence-corrected chi connectivity index (χ4v) is 2.88. The van der Waals surface area contributed by atoms with Crippen molar-refractivity contribution in [1.82, 2.24) is 9.80 Å². The van der Waals surface area contributed by atoms with Gasteiger partial charge in [-0.3, -0.25) is 4.90 Å². The highest BCUT2D eigenvalue weighted by Crippen LogP contribution is 2.38. The van der Waals surface area contributed by atoms with Crippen molar-refractivity contribution in [3.05, 3.63) is 53.6 Å². The Bertz CT molecular complexity index is 649. The first-order chi connectivity index (χ1) is 12.6. The molecule has 0 fully saturated rings. The maximum Gasteiger partial charge on any atom is 0.203 e. The van der Waals surface area contributed by atoms with Crippen LogP contribution in [0, 0.1) is 0 Å². The zero-order valence-electron chi connectivity index (χ0n) is 16.5. The number of hydrogen-bond donors (Lipinski definition) is 0. The second-order valence-corrected chi connectivity index (χ2v) is 6.53. The number of nitrogens with zero attached hydrogens (tertiary/aromatic N) is 2. The lowest BCUT2D eigenvalue weighted by molar-refractivity contribution is 0.225. The summed E-state index contributed by atoms with van der Waals surface area (Å²) in [6, 6.07) is 14.6. The van der Waals surface area contributed by atoms with E-state index in [0.29, 0.717) is 17.2 Å². The maximum absolute atomic E-state index is 5.49. The van der Waals surface area contributed by atoms with E-state index in [1.54, 1.807) is 21.3 Å². The monoisotopic (exact) mass is 358 g/mol. The Morgan fingerprint density at radius 3 is 1.81 bits per heavy atom. The third-order valence-corrected chi connectivity index (χ3v) is 4.24. The largest absolute Gasteiger partial charge is 0.493 e. The minimum absolute atomic E-state index is 0.627. The van der Waals surface area contributed by atoms with Crippen LogP contribution in [-0.4, -0.2) is 58.3 Å². The second kappa shape index (κ2) is 10.0. The number of likely N-dealkylation sites (N-methyl/N-ethyl adjacent to an activating group) is 1. The van der Waals surface area contributed by atoms with Gasteiger partial charge < -0.3 is 19.1 Å². The molecule has 5 nitrogen and oxygen atoms in total. The zero-order chi connectivity index (χ0) is 18.9. The van der Waals surface area contributed by atoms with Crippen LogP contribution in [0.25, 0.3) is 0 Å². The van der Waals surface area contributed by atoms with Gasteiger partial charge in [-0.2, -0.15) is 0 Å². The molecule has 0 spiro atoms. The van der Waals surface area contributed by atoms with Crippen LogP contribution in [0.1, 0.15) is 11.1 Å².